The molecule has 0 saturated heterocycles. The van der Waals surface area contributed by atoms with Crippen LogP contribution in [0.2, 0.25) is 0 Å². The lowest BCUT2D eigenvalue weighted by molar-refractivity contribution is 0.0952. The van der Waals surface area contributed by atoms with Gasteiger partial charge in [-0.15, -0.1) is 0 Å². The number of nitrogens with one attached hydrogen (secondary N) is 1. The number of hydrogen-bond donors (Lipinski definition) is 1. The molecule has 2 heterocycles. The van der Waals surface area contributed by atoms with Gasteiger partial charge in [0.25, 0.3) is 5.91 Å². The van der Waals surface area contributed by atoms with Crippen LogP contribution in [0.5, 0.6) is 0 Å². The zero-order valence-electron chi connectivity index (χ0n) is 16.4. The summed E-state index contributed by atoms with van der Waals surface area (Å²) in [6.07, 6.45) is 6.97. The SMILES string of the molecule is O=C(NCc1ccccc1-n1ccnc1)c1cccc2c1cnn2-c1ccc(F)cc1. The summed E-state index contributed by atoms with van der Waals surface area (Å²) in [5.74, 6) is -0.499. The predicted octanol–water partition coefficient (Wildman–Crippen LogP) is 4.28. The normalized spacial score (nSPS) is 11.0. The van der Waals surface area contributed by atoms with Crippen LogP contribution in [0.3, 0.4) is 0 Å². The van der Waals surface area contributed by atoms with Crippen LogP contribution in [0, 0.1) is 5.82 Å². The molecule has 7 heteroatoms. The summed E-state index contributed by atoms with van der Waals surface area (Å²) in [6.45, 7) is 0.371. The van der Waals surface area contributed by atoms with Crippen molar-refractivity contribution in [3.05, 3.63) is 109 Å². The lowest BCUT2D eigenvalue weighted by Crippen LogP contribution is -2.23. The Balaban J connectivity index is 1.42. The third kappa shape index (κ3) is 3.57. The molecule has 0 aliphatic carbocycles. The number of hydrogen-bond acceptors (Lipinski definition) is 3. The van der Waals surface area contributed by atoms with Crippen molar-refractivity contribution in [1.29, 1.82) is 0 Å². The molecule has 0 atom stereocenters. The number of carbonyl (C=O) groups is 1. The van der Waals surface area contributed by atoms with Gasteiger partial charge in [-0.05, 0) is 48.0 Å². The number of para-hydroxylation sites is 1. The van der Waals surface area contributed by atoms with Crippen LogP contribution in [0.15, 0.2) is 91.6 Å². The highest BCUT2D eigenvalue weighted by atomic mass is 19.1. The molecule has 0 spiro atoms. The van der Waals surface area contributed by atoms with E-state index in [0.717, 1.165) is 27.8 Å². The van der Waals surface area contributed by atoms with E-state index in [-0.39, 0.29) is 11.7 Å². The Bertz CT molecular complexity index is 1360. The van der Waals surface area contributed by atoms with Crippen molar-refractivity contribution < 1.29 is 9.18 Å². The Morgan fingerprint density at radius 3 is 2.65 bits per heavy atom. The summed E-state index contributed by atoms with van der Waals surface area (Å²) in [7, 11) is 0. The van der Waals surface area contributed by atoms with Gasteiger partial charge in [-0.2, -0.15) is 5.10 Å². The van der Waals surface area contributed by atoms with E-state index < -0.39 is 0 Å². The highest BCUT2D eigenvalue weighted by Crippen LogP contribution is 2.22. The second-order valence-electron chi connectivity index (χ2n) is 7.05. The number of amides is 1. The van der Waals surface area contributed by atoms with Crippen LogP contribution < -0.4 is 5.32 Å². The number of fused-ring (bicyclic) bond motifs is 1. The second-order valence-corrected chi connectivity index (χ2v) is 7.05. The van der Waals surface area contributed by atoms with Gasteiger partial charge in [0.05, 0.1) is 35.0 Å². The zero-order chi connectivity index (χ0) is 21.2. The standard InChI is InChI=1S/C24H18FN5O/c25-18-8-10-19(11-9-18)30-23-7-3-5-20(21(23)15-28-30)24(31)27-14-17-4-1-2-6-22(17)29-13-12-26-16-29/h1-13,15-16H,14H2,(H,27,31). The lowest BCUT2D eigenvalue weighted by atomic mass is 10.1. The topological polar surface area (TPSA) is 64.7 Å². The molecule has 152 valence electrons. The van der Waals surface area contributed by atoms with Gasteiger partial charge in [-0.3, -0.25) is 4.79 Å². The van der Waals surface area contributed by atoms with E-state index in [9.17, 15) is 9.18 Å². The van der Waals surface area contributed by atoms with E-state index in [1.807, 2.05) is 47.2 Å². The highest BCUT2D eigenvalue weighted by Gasteiger charge is 2.14. The first-order valence-electron chi connectivity index (χ1n) is 9.78. The molecule has 0 aliphatic heterocycles. The summed E-state index contributed by atoms with van der Waals surface area (Å²) < 4.78 is 16.9. The number of carbonyl (C=O) groups excluding carboxylic acids is 1. The Morgan fingerprint density at radius 1 is 1.00 bits per heavy atom. The van der Waals surface area contributed by atoms with Gasteiger partial charge in [0.2, 0.25) is 0 Å². The van der Waals surface area contributed by atoms with Crippen molar-refractivity contribution in [3.8, 4) is 11.4 Å². The maximum Gasteiger partial charge on any atom is 0.252 e. The first-order valence-corrected chi connectivity index (χ1v) is 9.78. The summed E-state index contributed by atoms with van der Waals surface area (Å²) in [5.41, 5.74) is 3.97. The van der Waals surface area contributed by atoms with E-state index in [4.69, 9.17) is 0 Å². The van der Waals surface area contributed by atoms with E-state index in [0.29, 0.717) is 12.1 Å². The van der Waals surface area contributed by atoms with Crippen molar-refractivity contribution in [2.24, 2.45) is 0 Å². The van der Waals surface area contributed by atoms with Gasteiger partial charge in [0.15, 0.2) is 0 Å². The number of rotatable bonds is 5. The van der Waals surface area contributed by atoms with E-state index in [1.165, 1.54) is 12.1 Å². The molecular formula is C24H18FN5O. The van der Waals surface area contributed by atoms with E-state index in [1.54, 1.807) is 41.6 Å². The van der Waals surface area contributed by atoms with Crippen molar-refractivity contribution in [2.45, 2.75) is 6.54 Å². The maximum atomic E-state index is 13.3. The van der Waals surface area contributed by atoms with Crippen LogP contribution >= 0.6 is 0 Å². The van der Waals surface area contributed by atoms with Crippen LogP contribution in [-0.4, -0.2) is 25.2 Å². The third-order valence-electron chi connectivity index (χ3n) is 5.14. The summed E-state index contributed by atoms with van der Waals surface area (Å²) in [5, 5.41) is 8.14. The molecule has 5 aromatic rings. The average molecular weight is 411 g/mol. The molecule has 0 saturated carbocycles. The summed E-state index contributed by atoms with van der Waals surface area (Å²) in [4.78, 5) is 17.1. The molecule has 6 nitrogen and oxygen atoms in total. The van der Waals surface area contributed by atoms with Crippen LogP contribution in [-0.2, 0) is 6.54 Å². The van der Waals surface area contributed by atoms with Gasteiger partial charge < -0.3 is 9.88 Å². The number of aromatic nitrogens is 4. The molecule has 1 amide bonds. The Labute approximate surface area is 177 Å². The Kier molecular flexibility index (Phi) is 4.76. The average Bonchev–Trinajstić information content (AvgIpc) is 3.48. The molecular weight excluding hydrogens is 393 g/mol. The second kappa shape index (κ2) is 7.87. The van der Waals surface area contributed by atoms with Crippen molar-refractivity contribution in [3.63, 3.8) is 0 Å². The molecule has 0 radical (unpaired) electrons. The minimum atomic E-state index is -0.309. The molecule has 0 unspecified atom stereocenters. The number of imidazole rings is 1. The monoisotopic (exact) mass is 411 g/mol. The summed E-state index contributed by atoms with van der Waals surface area (Å²) >= 11 is 0. The number of halogens is 1. The maximum absolute atomic E-state index is 13.3. The van der Waals surface area contributed by atoms with Crippen LogP contribution in [0.25, 0.3) is 22.3 Å². The molecule has 1 N–H and O–H groups in total. The largest absolute Gasteiger partial charge is 0.348 e. The molecule has 3 aromatic carbocycles. The van der Waals surface area contributed by atoms with Gasteiger partial charge >= 0.3 is 0 Å². The molecule has 0 fully saturated rings. The van der Waals surface area contributed by atoms with Crippen molar-refractivity contribution in [1.82, 2.24) is 24.6 Å². The Morgan fingerprint density at radius 2 is 1.84 bits per heavy atom. The first kappa shape index (κ1) is 18.7. The van der Waals surface area contributed by atoms with Crippen LogP contribution in [0.1, 0.15) is 15.9 Å². The molecule has 2 aromatic heterocycles. The van der Waals surface area contributed by atoms with Gasteiger partial charge in [-0.25, -0.2) is 14.1 Å². The first-order chi connectivity index (χ1) is 15.2. The van der Waals surface area contributed by atoms with Crippen molar-refractivity contribution in [2.75, 3.05) is 0 Å². The molecule has 5 rings (SSSR count). The Hall–Kier alpha value is -4.26. The van der Waals surface area contributed by atoms with E-state index >= 15 is 0 Å². The number of nitrogens with zero attached hydrogens (tertiary/aromatic N) is 4. The fourth-order valence-corrected chi connectivity index (χ4v) is 3.62. The third-order valence-corrected chi connectivity index (χ3v) is 5.14. The zero-order valence-corrected chi connectivity index (χ0v) is 16.4. The predicted molar refractivity (Wildman–Crippen MR) is 116 cm³/mol. The molecule has 0 aliphatic rings. The van der Waals surface area contributed by atoms with Crippen LogP contribution in [0.4, 0.5) is 4.39 Å². The quantitative estimate of drug-likeness (QED) is 0.470. The fraction of sp³-hybridized carbons (Fsp3) is 0.0417. The fourth-order valence-electron chi connectivity index (χ4n) is 3.62. The minimum Gasteiger partial charge on any atom is -0.348 e. The van der Waals surface area contributed by atoms with E-state index in [2.05, 4.69) is 15.4 Å². The van der Waals surface area contributed by atoms with Gasteiger partial charge in [0.1, 0.15) is 5.82 Å². The van der Waals surface area contributed by atoms with Gasteiger partial charge in [-0.1, -0.05) is 24.3 Å². The minimum absolute atomic E-state index is 0.190. The number of benzene rings is 3. The van der Waals surface area contributed by atoms with Crippen molar-refractivity contribution >= 4 is 16.8 Å². The highest BCUT2D eigenvalue weighted by molar-refractivity contribution is 6.06. The lowest BCUT2D eigenvalue weighted by Gasteiger charge is -2.12. The smallest absolute Gasteiger partial charge is 0.252 e. The molecule has 0 bridgehead atoms. The summed E-state index contributed by atoms with van der Waals surface area (Å²) in [6, 6.07) is 19.4. The molecule has 31 heavy (non-hydrogen) atoms. The van der Waals surface area contributed by atoms with Gasteiger partial charge in [0, 0.05) is 24.3 Å².